The lowest BCUT2D eigenvalue weighted by molar-refractivity contribution is -0.159. The van der Waals surface area contributed by atoms with Crippen LogP contribution >= 0.6 is 0 Å². The van der Waals surface area contributed by atoms with Crippen molar-refractivity contribution in [2.24, 2.45) is 28.6 Å². The van der Waals surface area contributed by atoms with E-state index < -0.39 is 0 Å². The average Bonchev–Trinajstić information content (AvgIpc) is 3.04. The highest BCUT2D eigenvalue weighted by Crippen LogP contribution is 2.65. The number of esters is 2. The van der Waals surface area contributed by atoms with Crippen molar-refractivity contribution in [2.45, 2.75) is 104 Å². The monoisotopic (exact) mass is 402 g/mol. The highest BCUT2D eigenvalue weighted by Gasteiger charge is 2.60. The van der Waals surface area contributed by atoms with E-state index in [0.717, 1.165) is 38.0 Å². The van der Waals surface area contributed by atoms with Crippen LogP contribution in [0.25, 0.3) is 0 Å². The van der Waals surface area contributed by atoms with E-state index in [2.05, 4.69) is 19.9 Å². The molecule has 3 fully saturated rings. The number of fused-ring (bicyclic) bond motifs is 5. The third kappa shape index (κ3) is 3.45. The predicted molar refractivity (Wildman–Crippen MR) is 112 cm³/mol. The Morgan fingerprint density at radius 3 is 2.38 bits per heavy atom. The number of hydrogen-bond donors (Lipinski definition) is 0. The summed E-state index contributed by atoms with van der Waals surface area (Å²) in [6, 6.07) is 0. The van der Waals surface area contributed by atoms with E-state index in [0.29, 0.717) is 24.7 Å². The van der Waals surface area contributed by atoms with Gasteiger partial charge in [-0.2, -0.15) is 0 Å². The quantitative estimate of drug-likeness (QED) is 0.454. The van der Waals surface area contributed by atoms with Crippen molar-refractivity contribution in [3.8, 4) is 0 Å². The summed E-state index contributed by atoms with van der Waals surface area (Å²) in [4.78, 5) is 23.7. The molecule has 4 heteroatoms. The maximum Gasteiger partial charge on any atom is 0.306 e. The molecular weight excluding hydrogens is 364 g/mol. The lowest BCUT2D eigenvalue weighted by atomic mass is 9.47. The molecule has 3 saturated carbocycles. The number of carbonyl (C=O) groups is 2. The molecule has 0 spiro atoms. The van der Waals surface area contributed by atoms with Gasteiger partial charge in [0.25, 0.3) is 0 Å². The van der Waals surface area contributed by atoms with Crippen LogP contribution in [-0.4, -0.2) is 24.1 Å². The molecule has 0 aliphatic heterocycles. The summed E-state index contributed by atoms with van der Waals surface area (Å²) < 4.78 is 11.6. The Balaban J connectivity index is 1.52. The number of allylic oxidation sites excluding steroid dienone is 1. The van der Waals surface area contributed by atoms with E-state index in [9.17, 15) is 9.59 Å². The standard InChI is InChI=1S/C25H38O4/c1-5-22(26)28-17-11-13-24(3)16(15-17)7-8-18-19-9-10-21(29-23(27)6-2)25(19,4)14-12-20(18)24/h15,17-21H,5-14H2,1-4H3/t17?,18?,19?,20?,21?,24-,25-/m0/s1. The lowest BCUT2D eigenvalue weighted by Crippen LogP contribution is -2.52. The highest BCUT2D eigenvalue weighted by atomic mass is 16.5. The first kappa shape index (κ1) is 20.9. The zero-order valence-electron chi connectivity index (χ0n) is 18.7. The van der Waals surface area contributed by atoms with Gasteiger partial charge < -0.3 is 9.47 Å². The van der Waals surface area contributed by atoms with Crippen LogP contribution in [0.1, 0.15) is 91.9 Å². The molecule has 162 valence electrons. The fourth-order valence-corrected chi connectivity index (χ4v) is 7.43. The van der Waals surface area contributed by atoms with E-state index in [1.54, 1.807) is 0 Å². The van der Waals surface area contributed by atoms with Crippen molar-refractivity contribution >= 4 is 11.9 Å². The normalized spacial score (nSPS) is 43.4. The van der Waals surface area contributed by atoms with E-state index >= 15 is 0 Å². The molecule has 0 aromatic rings. The molecule has 4 rings (SSSR count). The summed E-state index contributed by atoms with van der Waals surface area (Å²) in [6.45, 7) is 8.61. The van der Waals surface area contributed by atoms with Crippen molar-refractivity contribution in [3.63, 3.8) is 0 Å². The summed E-state index contributed by atoms with van der Waals surface area (Å²) in [5, 5.41) is 0. The summed E-state index contributed by atoms with van der Waals surface area (Å²) >= 11 is 0. The number of hydrogen-bond acceptors (Lipinski definition) is 4. The second-order valence-electron chi connectivity index (χ2n) is 10.4. The summed E-state index contributed by atoms with van der Waals surface area (Å²) in [5.41, 5.74) is 1.93. The first-order chi connectivity index (χ1) is 13.8. The fraction of sp³-hybridized carbons (Fsp3) is 0.840. The van der Waals surface area contributed by atoms with Crippen molar-refractivity contribution in [3.05, 3.63) is 11.6 Å². The molecule has 0 radical (unpaired) electrons. The molecular formula is C25H38O4. The molecule has 29 heavy (non-hydrogen) atoms. The smallest absolute Gasteiger partial charge is 0.306 e. The Bertz CT molecular complexity index is 697. The first-order valence-corrected chi connectivity index (χ1v) is 11.9. The summed E-state index contributed by atoms with van der Waals surface area (Å²) in [5.74, 6) is 1.99. The minimum Gasteiger partial charge on any atom is -0.462 e. The van der Waals surface area contributed by atoms with Crippen LogP contribution in [0.15, 0.2) is 11.6 Å². The molecule has 0 amide bonds. The van der Waals surface area contributed by atoms with Gasteiger partial charge in [-0.05, 0) is 80.6 Å². The van der Waals surface area contributed by atoms with Gasteiger partial charge in [-0.1, -0.05) is 33.3 Å². The summed E-state index contributed by atoms with van der Waals surface area (Å²) in [6.07, 6.45) is 12.4. The minimum atomic E-state index is -0.0869. The van der Waals surface area contributed by atoms with Gasteiger partial charge >= 0.3 is 11.9 Å². The van der Waals surface area contributed by atoms with E-state index in [1.165, 1.54) is 24.8 Å². The van der Waals surface area contributed by atoms with Crippen molar-refractivity contribution in [2.75, 3.05) is 0 Å². The molecule has 7 atom stereocenters. The zero-order chi connectivity index (χ0) is 20.8. The van der Waals surface area contributed by atoms with Gasteiger partial charge in [-0.25, -0.2) is 0 Å². The number of rotatable bonds is 4. The Morgan fingerprint density at radius 2 is 1.66 bits per heavy atom. The summed E-state index contributed by atoms with van der Waals surface area (Å²) in [7, 11) is 0. The molecule has 0 heterocycles. The number of ether oxygens (including phenoxy) is 2. The predicted octanol–water partition coefficient (Wildman–Crippen LogP) is 5.59. The largest absolute Gasteiger partial charge is 0.462 e. The van der Waals surface area contributed by atoms with Gasteiger partial charge in [0.05, 0.1) is 0 Å². The fourth-order valence-electron chi connectivity index (χ4n) is 7.43. The van der Waals surface area contributed by atoms with Gasteiger partial charge in [0.2, 0.25) is 0 Å². The van der Waals surface area contributed by atoms with Gasteiger partial charge in [-0.15, -0.1) is 0 Å². The second-order valence-corrected chi connectivity index (χ2v) is 10.4. The van der Waals surface area contributed by atoms with Gasteiger partial charge in [0.15, 0.2) is 0 Å². The third-order valence-electron chi connectivity index (χ3n) is 9.12. The van der Waals surface area contributed by atoms with Gasteiger partial charge in [0, 0.05) is 18.3 Å². The van der Waals surface area contributed by atoms with Crippen molar-refractivity contribution in [1.29, 1.82) is 0 Å². The van der Waals surface area contributed by atoms with E-state index in [-0.39, 0.29) is 35.0 Å². The van der Waals surface area contributed by atoms with Crippen LogP contribution < -0.4 is 0 Å². The van der Waals surface area contributed by atoms with Crippen LogP contribution in [0.3, 0.4) is 0 Å². The maximum atomic E-state index is 12.0. The molecule has 0 N–H and O–H groups in total. The van der Waals surface area contributed by atoms with Gasteiger partial charge in [0.1, 0.15) is 12.2 Å². The van der Waals surface area contributed by atoms with Crippen LogP contribution in [0.2, 0.25) is 0 Å². The van der Waals surface area contributed by atoms with Gasteiger partial charge in [-0.3, -0.25) is 9.59 Å². The molecule has 0 aromatic heterocycles. The molecule has 4 aliphatic rings. The Morgan fingerprint density at radius 1 is 0.931 bits per heavy atom. The Labute approximate surface area is 175 Å². The molecule has 0 aromatic carbocycles. The third-order valence-corrected chi connectivity index (χ3v) is 9.12. The molecule has 5 unspecified atom stereocenters. The van der Waals surface area contributed by atoms with E-state index in [1.807, 2.05) is 13.8 Å². The minimum absolute atomic E-state index is 0.0275. The SMILES string of the molecule is CCC(=O)OC1C=C2CCC3C4CCC(OC(=O)CC)[C@@]4(C)CCC3[C@@]2(C)CC1. The topological polar surface area (TPSA) is 52.6 Å². The molecule has 0 bridgehead atoms. The van der Waals surface area contributed by atoms with Crippen LogP contribution in [0, 0.1) is 28.6 Å². The second kappa shape index (κ2) is 7.74. The van der Waals surface area contributed by atoms with Crippen molar-refractivity contribution < 1.29 is 19.1 Å². The highest BCUT2D eigenvalue weighted by molar-refractivity contribution is 5.69. The van der Waals surface area contributed by atoms with Crippen LogP contribution in [0.4, 0.5) is 0 Å². The maximum absolute atomic E-state index is 12.0. The molecule has 4 aliphatic carbocycles. The zero-order valence-corrected chi connectivity index (χ0v) is 18.7. The van der Waals surface area contributed by atoms with Crippen molar-refractivity contribution in [1.82, 2.24) is 0 Å². The Kier molecular flexibility index (Phi) is 5.59. The first-order valence-electron chi connectivity index (χ1n) is 11.9. The molecule has 0 saturated heterocycles. The number of carbonyl (C=O) groups excluding carboxylic acids is 2. The van der Waals surface area contributed by atoms with Crippen LogP contribution in [0.5, 0.6) is 0 Å². The Hall–Kier alpha value is -1.32. The lowest BCUT2D eigenvalue weighted by Gasteiger charge is -2.58. The average molecular weight is 403 g/mol. The van der Waals surface area contributed by atoms with Crippen LogP contribution in [-0.2, 0) is 19.1 Å². The van der Waals surface area contributed by atoms with E-state index in [4.69, 9.17) is 9.47 Å². The molecule has 4 nitrogen and oxygen atoms in total.